The van der Waals surface area contributed by atoms with Crippen LogP contribution in [0.15, 0.2) is 35.9 Å². The maximum Gasteiger partial charge on any atom is 0.266 e. The van der Waals surface area contributed by atoms with Crippen molar-refractivity contribution in [2.75, 3.05) is 5.32 Å². The summed E-state index contributed by atoms with van der Waals surface area (Å²) in [5.74, 6) is -0.484. The molecule has 0 saturated carbocycles. The Morgan fingerprint density at radius 1 is 1.12 bits per heavy atom. The fourth-order valence-electron chi connectivity index (χ4n) is 4.27. The molecule has 0 bridgehead atoms. The number of rotatable bonds is 4. The molecule has 1 amide bonds. The zero-order valence-corrected chi connectivity index (χ0v) is 19.3. The summed E-state index contributed by atoms with van der Waals surface area (Å²) in [5.41, 5.74) is 6.65. The topological polar surface area (TPSA) is 81.6 Å². The summed E-state index contributed by atoms with van der Waals surface area (Å²) in [6.45, 7) is 6.03. The first-order chi connectivity index (χ1) is 15.4. The highest BCUT2D eigenvalue weighted by Gasteiger charge is 2.23. The van der Waals surface area contributed by atoms with Crippen molar-refractivity contribution in [2.24, 2.45) is 0 Å². The van der Waals surface area contributed by atoms with Crippen LogP contribution in [0.3, 0.4) is 0 Å². The molecule has 1 N–H and O–H groups in total. The molecular weight excluding hydrogens is 416 g/mol. The number of hydrogen-bond donors (Lipinski definition) is 1. The Hall–Kier alpha value is -3.61. The van der Waals surface area contributed by atoms with E-state index >= 15 is 0 Å². The molecule has 0 aliphatic heterocycles. The number of nitriles is 2. The number of carbonyl (C=O) groups excluding carboxylic acids is 1. The van der Waals surface area contributed by atoms with Crippen molar-refractivity contribution in [3.63, 3.8) is 0 Å². The second-order valence-electron chi connectivity index (χ2n) is 8.15. The van der Waals surface area contributed by atoms with E-state index in [1.54, 1.807) is 6.08 Å². The maximum absolute atomic E-state index is 12.9. The highest BCUT2D eigenvalue weighted by atomic mass is 32.1. The van der Waals surface area contributed by atoms with Crippen LogP contribution in [0, 0.1) is 43.4 Å². The first-order valence-electron chi connectivity index (χ1n) is 10.7. The molecule has 0 saturated heterocycles. The number of carbonyl (C=O) groups is 1. The van der Waals surface area contributed by atoms with Gasteiger partial charge in [0.05, 0.1) is 5.56 Å². The molecule has 160 valence electrons. The summed E-state index contributed by atoms with van der Waals surface area (Å²) in [4.78, 5) is 14.1. The second kappa shape index (κ2) is 8.86. The lowest BCUT2D eigenvalue weighted by molar-refractivity contribution is -0.112. The van der Waals surface area contributed by atoms with Gasteiger partial charge in [0.25, 0.3) is 5.91 Å². The molecule has 4 rings (SSSR count). The van der Waals surface area contributed by atoms with Crippen LogP contribution in [0.1, 0.15) is 51.4 Å². The number of aryl methyl sites for hydroxylation is 3. The van der Waals surface area contributed by atoms with E-state index in [9.17, 15) is 15.3 Å². The average Bonchev–Trinajstić information content (AvgIpc) is 3.28. The molecule has 5 nitrogen and oxygen atoms in total. The summed E-state index contributed by atoms with van der Waals surface area (Å²) >= 11 is 1.46. The maximum atomic E-state index is 12.9. The van der Waals surface area contributed by atoms with Crippen molar-refractivity contribution in [3.8, 4) is 17.8 Å². The van der Waals surface area contributed by atoms with E-state index in [0.29, 0.717) is 10.6 Å². The summed E-state index contributed by atoms with van der Waals surface area (Å²) in [6, 6.07) is 14.5. The van der Waals surface area contributed by atoms with Crippen molar-refractivity contribution in [1.29, 1.82) is 10.5 Å². The van der Waals surface area contributed by atoms with Crippen molar-refractivity contribution >= 4 is 28.3 Å². The van der Waals surface area contributed by atoms with Crippen LogP contribution in [0.4, 0.5) is 5.00 Å². The average molecular weight is 441 g/mol. The van der Waals surface area contributed by atoms with Gasteiger partial charge in [0.1, 0.15) is 22.7 Å². The summed E-state index contributed by atoms with van der Waals surface area (Å²) in [5, 5.41) is 22.7. The van der Waals surface area contributed by atoms with Gasteiger partial charge in [-0.2, -0.15) is 10.5 Å². The zero-order chi connectivity index (χ0) is 22.8. The van der Waals surface area contributed by atoms with Gasteiger partial charge in [0.15, 0.2) is 0 Å². The first-order valence-corrected chi connectivity index (χ1v) is 11.5. The highest BCUT2D eigenvalue weighted by molar-refractivity contribution is 7.16. The van der Waals surface area contributed by atoms with Gasteiger partial charge >= 0.3 is 0 Å². The van der Waals surface area contributed by atoms with Gasteiger partial charge in [-0.05, 0) is 81.9 Å². The highest BCUT2D eigenvalue weighted by Crippen LogP contribution is 2.37. The lowest BCUT2D eigenvalue weighted by Crippen LogP contribution is -2.13. The third-order valence-electron chi connectivity index (χ3n) is 5.94. The molecule has 2 aromatic heterocycles. The van der Waals surface area contributed by atoms with Crippen LogP contribution in [-0.4, -0.2) is 10.5 Å². The lowest BCUT2D eigenvalue weighted by atomic mass is 9.96. The predicted molar refractivity (Wildman–Crippen MR) is 128 cm³/mol. The van der Waals surface area contributed by atoms with Gasteiger partial charge in [0.2, 0.25) is 0 Å². The molecule has 6 heteroatoms. The summed E-state index contributed by atoms with van der Waals surface area (Å²) in [7, 11) is 0. The number of nitrogens with zero attached hydrogens (tertiary/aromatic N) is 3. The molecule has 0 atom stereocenters. The van der Waals surface area contributed by atoms with Gasteiger partial charge in [-0.25, -0.2) is 0 Å². The number of amides is 1. The van der Waals surface area contributed by atoms with Crippen LogP contribution in [0.2, 0.25) is 0 Å². The predicted octanol–water partition coefficient (Wildman–Crippen LogP) is 5.76. The molecule has 3 aromatic rings. The van der Waals surface area contributed by atoms with E-state index in [-0.39, 0.29) is 5.57 Å². The standard InChI is InChI=1S/C26H24N4OS/c1-16-8-10-21(11-9-16)30-17(2)12-19(18(30)3)13-20(14-27)25(31)29-26-23(15-28)22-6-4-5-7-24(22)32-26/h8-13H,4-7H2,1-3H3,(H,29,31). The number of thiophene rings is 1. The Bertz CT molecular complexity index is 1310. The monoisotopic (exact) mass is 440 g/mol. The minimum Gasteiger partial charge on any atom is -0.318 e. The Morgan fingerprint density at radius 3 is 2.53 bits per heavy atom. The smallest absolute Gasteiger partial charge is 0.266 e. The first kappa shape index (κ1) is 21.6. The number of hydrogen-bond acceptors (Lipinski definition) is 4. The lowest BCUT2D eigenvalue weighted by Gasteiger charge is -2.10. The third-order valence-corrected chi connectivity index (χ3v) is 7.14. The molecule has 1 aliphatic rings. The normalized spacial score (nSPS) is 13.2. The summed E-state index contributed by atoms with van der Waals surface area (Å²) < 4.78 is 2.11. The SMILES string of the molecule is Cc1ccc(-n2c(C)cc(C=C(C#N)C(=O)Nc3sc4c(c3C#N)CCCC4)c2C)cc1. The molecule has 0 radical (unpaired) electrons. The number of anilines is 1. The van der Waals surface area contributed by atoms with Crippen molar-refractivity contribution in [2.45, 2.75) is 46.5 Å². The number of benzene rings is 1. The molecule has 0 fully saturated rings. The van der Waals surface area contributed by atoms with Crippen LogP contribution >= 0.6 is 11.3 Å². The minimum atomic E-state index is -0.484. The minimum absolute atomic E-state index is 0.0180. The van der Waals surface area contributed by atoms with Crippen molar-refractivity contribution in [3.05, 3.63) is 74.4 Å². The van der Waals surface area contributed by atoms with Gasteiger partial charge in [-0.1, -0.05) is 17.7 Å². The van der Waals surface area contributed by atoms with Gasteiger partial charge in [0, 0.05) is 22.0 Å². The molecule has 0 spiro atoms. The number of aromatic nitrogens is 1. The van der Waals surface area contributed by atoms with Gasteiger partial charge in [-0.3, -0.25) is 4.79 Å². The van der Waals surface area contributed by atoms with Crippen LogP contribution in [0.5, 0.6) is 0 Å². The third kappa shape index (κ3) is 3.98. The molecule has 1 aliphatic carbocycles. The van der Waals surface area contributed by atoms with E-state index in [1.165, 1.54) is 21.8 Å². The van der Waals surface area contributed by atoms with E-state index in [1.807, 2.05) is 32.9 Å². The van der Waals surface area contributed by atoms with Crippen molar-refractivity contribution < 1.29 is 4.79 Å². The van der Waals surface area contributed by atoms with E-state index < -0.39 is 5.91 Å². The van der Waals surface area contributed by atoms with Crippen LogP contribution in [-0.2, 0) is 17.6 Å². The Balaban J connectivity index is 1.64. The second-order valence-corrected chi connectivity index (χ2v) is 9.25. The van der Waals surface area contributed by atoms with Crippen LogP contribution in [0.25, 0.3) is 11.8 Å². The van der Waals surface area contributed by atoms with Crippen LogP contribution < -0.4 is 5.32 Å². The van der Waals surface area contributed by atoms with E-state index in [2.05, 4.69) is 40.2 Å². The van der Waals surface area contributed by atoms with Crippen molar-refractivity contribution in [1.82, 2.24) is 4.57 Å². The Morgan fingerprint density at radius 2 is 1.84 bits per heavy atom. The van der Waals surface area contributed by atoms with E-state index in [0.717, 1.165) is 53.9 Å². The van der Waals surface area contributed by atoms with Gasteiger partial charge in [-0.15, -0.1) is 11.3 Å². The fraction of sp³-hybridized carbons (Fsp3) is 0.269. The molecule has 2 heterocycles. The molecule has 0 unspecified atom stereocenters. The Kier molecular flexibility index (Phi) is 5.99. The van der Waals surface area contributed by atoms with Gasteiger partial charge < -0.3 is 9.88 Å². The molecule has 32 heavy (non-hydrogen) atoms. The zero-order valence-electron chi connectivity index (χ0n) is 18.5. The quantitative estimate of drug-likeness (QED) is 0.414. The molecule has 1 aromatic carbocycles. The fourth-order valence-corrected chi connectivity index (χ4v) is 5.51. The largest absolute Gasteiger partial charge is 0.318 e. The number of fused-ring (bicyclic) bond motifs is 1. The number of nitrogens with one attached hydrogen (secondary N) is 1. The molecular formula is C26H24N4OS. The summed E-state index contributed by atoms with van der Waals surface area (Å²) in [6.07, 6.45) is 5.60. The van der Waals surface area contributed by atoms with E-state index in [4.69, 9.17) is 0 Å². The Labute approximate surface area is 192 Å².